The van der Waals surface area contributed by atoms with E-state index in [-0.39, 0.29) is 17.9 Å². The Hall–Kier alpha value is -2.28. The van der Waals surface area contributed by atoms with Crippen molar-refractivity contribution in [2.24, 2.45) is 11.5 Å². The Morgan fingerprint density at radius 1 is 0.848 bits per heavy atom. The fourth-order valence-electron chi connectivity index (χ4n) is 2.91. The second-order valence-electron chi connectivity index (χ2n) is 7.47. The van der Waals surface area contributed by atoms with Gasteiger partial charge in [-0.2, -0.15) is 25.3 Å². The van der Waals surface area contributed by atoms with Crippen LogP contribution < -0.4 is 27.4 Å². The van der Waals surface area contributed by atoms with Crippen molar-refractivity contribution in [2.75, 3.05) is 18.1 Å². The van der Waals surface area contributed by atoms with Crippen molar-refractivity contribution >= 4 is 48.9 Å². The molecule has 1 rings (SSSR count). The number of hydrogen-bond acceptors (Lipinski definition) is 8. The molecular weight excluding hydrogens is 466 g/mol. The molecule has 1 aromatic rings. The molecule has 0 radical (unpaired) electrons. The number of thiol groups is 2. The highest BCUT2D eigenvalue weighted by atomic mass is 32.1. The lowest BCUT2D eigenvalue weighted by atomic mass is 10.0. The normalized spacial score (nSPS) is 14.4. The van der Waals surface area contributed by atoms with Crippen LogP contribution in [-0.2, 0) is 25.6 Å². The van der Waals surface area contributed by atoms with Crippen LogP contribution >= 0.6 is 25.3 Å². The van der Waals surface area contributed by atoms with Gasteiger partial charge in [0.15, 0.2) is 0 Å². The minimum absolute atomic E-state index is 0.0995. The molecule has 4 atom stereocenters. The molecule has 12 heteroatoms. The number of carbonyl (C=O) groups excluding carboxylic acids is 3. The van der Waals surface area contributed by atoms with E-state index in [2.05, 4.69) is 41.2 Å². The molecule has 0 aliphatic rings. The van der Waals surface area contributed by atoms with Gasteiger partial charge in [0.25, 0.3) is 0 Å². The highest BCUT2D eigenvalue weighted by Crippen LogP contribution is 2.07. The van der Waals surface area contributed by atoms with Gasteiger partial charge in [0.2, 0.25) is 17.7 Å². The number of rotatable bonds is 15. The van der Waals surface area contributed by atoms with Gasteiger partial charge in [-0.25, -0.2) is 4.79 Å². The van der Waals surface area contributed by atoms with Crippen LogP contribution in [0, 0.1) is 0 Å². The molecule has 0 heterocycles. The van der Waals surface area contributed by atoms with Crippen LogP contribution in [0.5, 0.6) is 0 Å². The number of carboxylic acids is 1. The first-order chi connectivity index (χ1) is 15.7. The molecule has 0 bridgehead atoms. The van der Waals surface area contributed by atoms with E-state index in [4.69, 9.17) is 11.5 Å². The second-order valence-corrected chi connectivity index (χ2v) is 8.20. The lowest BCUT2D eigenvalue weighted by molar-refractivity contribution is -0.141. The Bertz CT molecular complexity index is 784. The summed E-state index contributed by atoms with van der Waals surface area (Å²) < 4.78 is 0. The minimum atomic E-state index is -1.24. The average Bonchev–Trinajstić information content (AvgIpc) is 2.80. The zero-order valence-electron chi connectivity index (χ0n) is 18.3. The van der Waals surface area contributed by atoms with Gasteiger partial charge in [0.05, 0.1) is 6.04 Å². The third kappa shape index (κ3) is 10.5. The number of amides is 3. The van der Waals surface area contributed by atoms with E-state index in [0.717, 1.165) is 5.56 Å². The van der Waals surface area contributed by atoms with Gasteiger partial charge in [0, 0.05) is 17.9 Å². The van der Waals surface area contributed by atoms with E-state index < -0.39 is 47.9 Å². The summed E-state index contributed by atoms with van der Waals surface area (Å²) in [7, 11) is 0. The predicted octanol–water partition coefficient (Wildman–Crippen LogP) is -0.916. The minimum Gasteiger partial charge on any atom is -0.480 e. The fraction of sp³-hybridized carbons (Fsp3) is 0.524. The summed E-state index contributed by atoms with van der Waals surface area (Å²) in [5, 5.41) is 16.9. The molecule has 0 saturated carbocycles. The van der Waals surface area contributed by atoms with Gasteiger partial charge in [-0.1, -0.05) is 30.3 Å². The molecule has 8 N–H and O–H groups in total. The van der Waals surface area contributed by atoms with Crippen LogP contribution in [0.1, 0.15) is 24.8 Å². The molecule has 4 unspecified atom stereocenters. The lowest BCUT2D eigenvalue weighted by Gasteiger charge is -2.25. The maximum atomic E-state index is 13.0. The van der Waals surface area contributed by atoms with Gasteiger partial charge in [0.1, 0.15) is 18.1 Å². The van der Waals surface area contributed by atoms with E-state index in [1.165, 1.54) is 0 Å². The molecule has 184 valence electrons. The topological polar surface area (TPSA) is 177 Å². The first kappa shape index (κ1) is 28.8. The molecule has 0 aliphatic carbocycles. The molecule has 0 aliphatic heterocycles. The molecule has 10 nitrogen and oxygen atoms in total. The summed E-state index contributed by atoms with van der Waals surface area (Å²) in [5.41, 5.74) is 12.0. The number of benzene rings is 1. The van der Waals surface area contributed by atoms with Crippen LogP contribution in [0.4, 0.5) is 0 Å². The van der Waals surface area contributed by atoms with Crippen molar-refractivity contribution < 1.29 is 24.3 Å². The summed E-state index contributed by atoms with van der Waals surface area (Å²) >= 11 is 7.95. The van der Waals surface area contributed by atoms with Gasteiger partial charge < -0.3 is 32.5 Å². The molecule has 1 aromatic carbocycles. The van der Waals surface area contributed by atoms with Crippen molar-refractivity contribution in [2.45, 2.75) is 49.9 Å². The molecule has 0 fully saturated rings. The van der Waals surface area contributed by atoms with Gasteiger partial charge in [-0.15, -0.1) is 0 Å². The molecule has 3 amide bonds. The first-order valence-corrected chi connectivity index (χ1v) is 11.8. The quantitative estimate of drug-likeness (QED) is 0.114. The zero-order valence-corrected chi connectivity index (χ0v) is 20.1. The highest BCUT2D eigenvalue weighted by Gasteiger charge is 2.29. The number of aliphatic carboxylic acids is 1. The summed E-state index contributed by atoms with van der Waals surface area (Å²) in [6.07, 6.45) is 1.63. The Morgan fingerprint density at radius 3 is 1.97 bits per heavy atom. The lowest BCUT2D eigenvalue weighted by Crippen LogP contribution is -2.58. The predicted molar refractivity (Wildman–Crippen MR) is 132 cm³/mol. The molecule has 0 aromatic heterocycles. The molecule has 0 spiro atoms. The highest BCUT2D eigenvalue weighted by molar-refractivity contribution is 7.80. The third-order valence-electron chi connectivity index (χ3n) is 4.83. The third-order valence-corrected chi connectivity index (χ3v) is 5.58. The van der Waals surface area contributed by atoms with E-state index in [1.807, 2.05) is 6.07 Å². The Morgan fingerprint density at radius 2 is 1.42 bits per heavy atom. The van der Waals surface area contributed by atoms with Crippen molar-refractivity contribution in [3.63, 3.8) is 0 Å². The number of nitrogens with two attached hydrogens (primary N) is 2. The van der Waals surface area contributed by atoms with E-state index in [0.29, 0.717) is 25.8 Å². The van der Waals surface area contributed by atoms with Crippen molar-refractivity contribution in [1.29, 1.82) is 0 Å². The zero-order chi connectivity index (χ0) is 24.8. The van der Waals surface area contributed by atoms with Crippen LogP contribution in [0.3, 0.4) is 0 Å². The number of nitrogens with one attached hydrogen (secondary N) is 3. The number of unbranched alkanes of at least 4 members (excludes halogenated alkanes) is 1. The van der Waals surface area contributed by atoms with Crippen LogP contribution in [-0.4, -0.2) is 71.0 Å². The Kier molecular flexibility index (Phi) is 13.5. The Labute approximate surface area is 204 Å². The number of carbonyl (C=O) groups is 4. The monoisotopic (exact) mass is 499 g/mol. The molecular formula is C21H33N5O5S2. The summed E-state index contributed by atoms with van der Waals surface area (Å²) in [6.45, 7) is 0.428. The van der Waals surface area contributed by atoms with E-state index in [1.54, 1.807) is 24.3 Å². The number of hydrogen-bond donors (Lipinski definition) is 8. The van der Waals surface area contributed by atoms with Crippen molar-refractivity contribution in [3.05, 3.63) is 35.9 Å². The summed E-state index contributed by atoms with van der Waals surface area (Å²) in [6, 6.07) is 4.82. The molecule has 33 heavy (non-hydrogen) atoms. The van der Waals surface area contributed by atoms with E-state index in [9.17, 15) is 24.3 Å². The average molecular weight is 500 g/mol. The second kappa shape index (κ2) is 15.5. The standard InChI is InChI=1S/C21H33N5O5S2/c22-9-5-4-8-15(24-18(27)14(23)11-32)19(28)25-16(10-13-6-2-1-3-7-13)20(29)26-17(12-33)21(30)31/h1-3,6-7,14-17,32-33H,4-5,8-12,22-23H2,(H,24,27)(H,25,28)(H,26,29)(H,30,31). The van der Waals surface area contributed by atoms with Crippen molar-refractivity contribution in [1.82, 2.24) is 16.0 Å². The first-order valence-electron chi connectivity index (χ1n) is 10.6. The number of carboxylic acid groups (broad SMARTS) is 1. The van der Waals surface area contributed by atoms with Gasteiger partial charge in [-0.05, 0) is 31.4 Å². The molecule has 0 saturated heterocycles. The van der Waals surface area contributed by atoms with Gasteiger partial charge in [-0.3, -0.25) is 14.4 Å². The van der Waals surface area contributed by atoms with Crippen LogP contribution in [0.25, 0.3) is 0 Å². The largest absolute Gasteiger partial charge is 0.480 e. The fourth-order valence-corrected chi connectivity index (χ4v) is 3.33. The van der Waals surface area contributed by atoms with Crippen LogP contribution in [0.15, 0.2) is 30.3 Å². The summed E-state index contributed by atoms with van der Waals surface area (Å²) in [4.78, 5) is 49.5. The van der Waals surface area contributed by atoms with E-state index >= 15 is 0 Å². The smallest absolute Gasteiger partial charge is 0.327 e. The SMILES string of the molecule is NCCCCC(NC(=O)C(N)CS)C(=O)NC(Cc1ccccc1)C(=O)NC(CS)C(=O)O. The maximum Gasteiger partial charge on any atom is 0.327 e. The van der Waals surface area contributed by atoms with Crippen LogP contribution in [0.2, 0.25) is 0 Å². The summed E-state index contributed by atoms with van der Waals surface area (Å²) in [5.74, 6) is -3.05. The van der Waals surface area contributed by atoms with Gasteiger partial charge >= 0.3 is 5.97 Å². The van der Waals surface area contributed by atoms with Crippen molar-refractivity contribution in [3.8, 4) is 0 Å². The maximum absolute atomic E-state index is 13.0. The Balaban J connectivity index is 3.05.